The normalized spacial score (nSPS) is 22.1. The zero-order chi connectivity index (χ0) is 10.7. The molecule has 1 fully saturated rings. The Kier molecular flexibility index (Phi) is 5.60. The van der Waals surface area contributed by atoms with Crippen molar-refractivity contribution in [3.63, 3.8) is 0 Å². The van der Waals surface area contributed by atoms with E-state index in [4.69, 9.17) is 5.11 Å². The highest BCUT2D eigenvalue weighted by molar-refractivity contribution is 5.85. The molecule has 1 heterocycles. The third-order valence-corrected chi connectivity index (χ3v) is 2.33. The number of carboxylic acid groups (broad SMARTS) is 1. The highest BCUT2D eigenvalue weighted by Gasteiger charge is 2.32. The van der Waals surface area contributed by atoms with Crippen molar-refractivity contribution < 1.29 is 14.7 Å². The molecule has 88 valence electrons. The summed E-state index contributed by atoms with van der Waals surface area (Å²) in [5, 5.41) is 11.4. The van der Waals surface area contributed by atoms with Gasteiger partial charge in [0.1, 0.15) is 0 Å². The van der Waals surface area contributed by atoms with Gasteiger partial charge in [0.2, 0.25) is 5.91 Å². The van der Waals surface area contributed by atoms with Gasteiger partial charge in [0.15, 0.2) is 0 Å². The van der Waals surface area contributed by atoms with Crippen LogP contribution in [-0.4, -0.2) is 47.6 Å². The number of carboxylic acids is 1. The van der Waals surface area contributed by atoms with Gasteiger partial charge in [-0.2, -0.15) is 0 Å². The Hall–Kier alpha value is -0.810. The van der Waals surface area contributed by atoms with E-state index in [1.54, 1.807) is 4.90 Å². The number of amides is 1. The zero-order valence-corrected chi connectivity index (χ0v) is 9.71. The predicted molar refractivity (Wildman–Crippen MR) is 58.1 cm³/mol. The van der Waals surface area contributed by atoms with Crippen LogP contribution in [0, 0.1) is 5.92 Å². The molecular formula is C9H17ClN2O3. The highest BCUT2D eigenvalue weighted by Crippen LogP contribution is 2.13. The van der Waals surface area contributed by atoms with E-state index in [9.17, 15) is 9.59 Å². The monoisotopic (exact) mass is 236 g/mol. The topological polar surface area (TPSA) is 69.6 Å². The maximum Gasteiger partial charge on any atom is 0.317 e. The molecule has 0 saturated carbocycles. The van der Waals surface area contributed by atoms with Gasteiger partial charge in [0.25, 0.3) is 0 Å². The summed E-state index contributed by atoms with van der Waals surface area (Å²) in [4.78, 5) is 23.8. The van der Waals surface area contributed by atoms with E-state index in [0.29, 0.717) is 13.1 Å². The van der Waals surface area contributed by atoms with Gasteiger partial charge in [-0.25, -0.2) is 0 Å². The van der Waals surface area contributed by atoms with Gasteiger partial charge in [-0.3, -0.25) is 14.5 Å². The molecule has 5 nitrogen and oxygen atoms in total. The molecule has 1 aliphatic rings. The van der Waals surface area contributed by atoms with Crippen LogP contribution in [0.4, 0.5) is 0 Å². The average Bonchev–Trinajstić information content (AvgIpc) is 2.01. The fraction of sp³-hybridized carbons (Fsp3) is 0.778. The van der Waals surface area contributed by atoms with Crippen molar-refractivity contribution in [2.75, 3.05) is 19.6 Å². The van der Waals surface area contributed by atoms with E-state index in [1.807, 2.05) is 13.8 Å². The number of hydrogen-bond acceptors (Lipinski definition) is 3. The largest absolute Gasteiger partial charge is 0.480 e. The molecule has 0 bridgehead atoms. The first-order valence-electron chi connectivity index (χ1n) is 4.76. The number of carbonyl (C=O) groups excluding carboxylic acids is 1. The Bertz CT molecular complexity index is 246. The standard InChI is InChI=1S/C9H16N2O3.ClH/c1-6(2)8-9(14)10-3-4-11(8)5-7(12)13;/h6,8H,3-5H2,1-2H3,(H,10,14)(H,12,13);1H. The number of rotatable bonds is 3. The lowest BCUT2D eigenvalue weighted by molar-refractivity contribution is -0.141. The summed E-state index contributed by atoms with van der Waals surface area (Å²) in [6.45, 7) is 4.93. The van der Waals surface area contributed by atoms with E-state index in [-0.39, 0.29) is 36.8 Å². The molecule has 1 aliphatic heterocycles. The maximum absolute atomic E-state index is 11.5. The minimum Gasteiger partial charge on any atom is -0.480 e. The second-order valence-corrected chi connectivity index (χ2v) is 3.84. The first-order valence-corrected chi connectivity index (χ1v) is 4.76. The van der Waals surface area contributed by atoms with Gasteiger partial charge >= 0.3 is 5.97 Å². The fourth-order valence-corrected chi connectivity index (χ4v) is 1.81. The van der Waals surface area contributed by atoms with Crippen LogP contribution in [0.3, 0.4) is 0 Å². The first kappa shape index (κ1) is 14.2. The van der Waals surface area contributed by atoms with Crippen LogP contribution in [0.15, 0.2) is 0 Å². The number of nitrogens with zero attached hydrogens (tertiary/aromatic N) is 1. The molecule has 0 aromatic rings. The van der Waals surface area contributed by atoms with E-state index in [1.165, 1.54) is 0 Å². The summed E-state index contributed by atoms with van der Waals surface area (Å²) in [5.74, 6) is -0.812. The summed E-state index contributed by atoms with van der Waals surface area (Å²) in [5.41, 5.74) is 0. The molecule has 1 atom stereocenters. The summed E-state index contributed by atoms with van der Waals surface area (Å²) < 4.78 is 0. The van der Waals surface area contributed by atoms with Crippen molar-refractivity contribution in [2.45, 2.75) is 19.9 Å². The van der Waals surface area contributed by atoms with E-state index < -0.39 is 5.97 Å². The summed E-state index contributed by atoms with van der Waals surface area (Å²) >= 11 is 0. The fourth-order valence-electron chi connectivity index (χ4n) is 1.81. The second kappa shape index (κ2) is 5.92. The van der Waals surface area contributed by atoms with Crippen LogP contribution in [0.2, 0.25) is 0 Å². The molecule has 1 amide bonds. The molecule has 1 unspecified atom stereocenters. The molecule has 0 radical (unpaired) electrons. The number of halogens is 1. The van der Waals surface area contributed by atoms with Crippen LogP contribution in [0.25, 0.3) is 0 Å². The number of hydrogen-bond donors (Lipinski definition) is 2. The van der Waals surface area contributed by atoms with Crippen LogP contribution >= 0.6 is 12.4 Å². The molecule has 6 heteroatoms. The van der Waals surface area contributed by atoms with Crippen molar-refractivity contribution in [3.8, 4) is 0 Å². The number of carbonyl (C=O) groups is 2. The van der Waals surface area contributed by atoms with Crippen molar-refractivity contribution >= 4 is 24.3 Å². The minimum absolute atomic E-state index is 0. The van der Waals surface area contributed by atoms with Gasteiger partial charge in [0.05, 0.1) is 12.6 Å². The van der Waals surface area contributed by atoms with Gasteiger partial charge in [-0.15, -0.1) is 12.4 Å². The quantitative estimate of drug-likeness (QED) is 0.721. The SMILES string of the molecule is CC(C)C1C(=O)NCCN1CC(=O)O.Cl. The van der Waals surface area contributed by atoms with Gasteiger partial charge in [-0.1, -0.05) is 13.8 Å². The van der Waals surface area contributed by atoms with Crippen LogP contribution in [-0.2, 0) is 9.59 Å². The molecule has 15 heavy (non-hydrogen) atoms. The summed E-state index contributed by atoms with van der Waals surface area (Å²) in [7, 11) is 0. The van der Waals surface area contributed by atoms with Crippen LogP contribution in [0.5, 0.6) is 0 Å². The molecule has 1 saturated heterocycles. The van der Waals surface area contributed by atoms with E-state index >= 15 is 0 Å². The summed E-state index contributed by atoms with van der Waals surface area (Å²) in [6, 6.07) is -0.306. The molecule has 0 aromatic carbocycles. The van der Waals surface area contributed by atoms with Crippen molar-refractivity contribution in [1.29, 1.82) is 0 Å². The second-order valence-electron chi connectivity index (χ2n) is 3.84. The third kappa shape index (κ3) is 3.68. The Morgan fingerprint density at radius 1 is 1.67 bits per heavy atom. The van der Waals surface area contributed by atoms with Crippen molar-refractivity contribution in [1.82, 2.24) is 10.2 Å². The number of piperazine rings is 1. The Morgan fingerprint density at radius 3 is 2.73 bits per heavy atom. The van der Waals surface area contributed by atoms with Gasteiger partial charge in [0, 0.05) is 13.1 Å². The predicted octanol–water partition coefficient (Wildman–Crippen LogP) is -0.0508. The molecule has 0 aromatic heterocycles. The summed E-state index contributed by atoms with van der Waals surface area (Å²) in [6.07, 6.45) is 0. The zero-order valence-electron chi connectivity index (χ0n) is 8.90. The van der Waals surface area contributed by atoms with Crippen molar-refractivity contribution in [2.24, 2.45) is 5.92 Å². The van der Waals surface area contributed by atoms with Crippen LogP contribution in [0.1, 0.15) is 13.8 Å². The molecule has 2 N–H and O–H groups in total. The molecule has 0 spiro atoms. The Morgan fingerprint density at radius 2 is 2.27 bits per heavy atom. The van der Waals surface area contributed by atoms with Gasteiger partial charge < -0.3 is 10.4 Å². The van der Waals surface area contributed by atoms with Crippen molar-refractivity contribution in [3.05, 3.63) is 0 Å². The van der Waals surface area contributed by atoms with E-state index in [2.05, 4.69) is 5.32 Å². The maximum atomic E-state index is 11.5. The third-order valence-electron chi connectivity index (χ3n) is 2.33. The van der Waals surface area contributed by atoms with E-state index in [0.717, 1.165) is 0 Å². The average molecular weight is 237 g/mol. The van der Waals surface area contributed by atoms with Gasteiger partial charge in [-0.05, 0) is 5.92 Å². The lowest BCUT2D eigenvalue weighted by Gasteiger charge is -2.36. The number of nitrogens with one attached hydrogen (secondary N) is 1. The lowest BCUT2D eigenvalue weighted by atomic mass is 10.00. The molecule has 0 aliphatic carbocycles. The minimum atomic E-state index is -0.884. The van der Waals surface area contributed by atoms with Crippen LogP contribution < -0.4 is 5.32 Å². The number of aliphatic carboxylic acids is 1. The lowest BCUT2D eigenvalue weighted by Crippen LogP contribution is -2.58. The Labute approximate surface area is 95.2 Å². The Balaban J connectivity index is 0.00000196. The molecule has 1 rings (SSSR count). The highest BCUT2D eigenvalue weighted by atomic mass is 35.5. The first-order chi connectivity index (χ1) is 6.52. The smallest absolute Gasteiger partial charge is 0.317 e. The molecular weight excluding hydrogens is 220 g/mol.